The first-order valence-corrected chi connectivity index (χ1v) is 6.73. The Balaban J connectivity index is 1.92. The van der Waals surface area contributed by atoms with Crippen LogP contribution in [0, 0.1) is 0 Å². The molecule has 88 valence electrons. The predicted molar refractivity (Wildman–Crippen MR) is 71.7 cm³/mol. The summed E-state index contributed by atoms with van der Waals surface area (Å²) < 4.78 is 5.53. The van der Waals surface area contributed by atoms with Gasteiger partial charge < -0.3 is 10.1 Å². The molecule has 17 heavy (non-hydrogen) atoms. The van der Waals surface area contributed by atoms with Crippen LogP contribution in [-0.4, -0.2) is 13.7 Å². The highest BCUT2D eigenvalue weighted by molar-refractivity contribution is 7.10. The quantitative estimate of drug-likeness (QED) is 0.897. The molecule has 1 aromatic heterocycles. The largest absolute Gasteiger partial charge is 0.493 e. The van der Waals surface area contributed by atoms with E-state index in [1.54, 1.807) is 0 Å². The number of hydrogen-bond donors (Lipinski definition) is 1. The second-order valence-electron chi connectivity index (χ2n) is 4.25. The number of ether oxygens (including phenoxy) is 1. The molecule has 0 aliphatic carbocycles. The van der Waals surface area contributed by atoms with Gasteiger partial charge in [-0.1, -0.05) is 6.07 Å². The normalized spacial score (nSPS) is 13.5. The van der Waals surface area contributed by atoms with Gasteiger partial charge in [0.25, 0.3) is 0 Å². The second-order valence-corrected chi connectivity index (χ2v) is 5.25. The molecule has 3 rings (SSSR count). The van der Waals surface area contributed by atoms with E-state index < -0.39 is 0 Å². The van der Waals surface area contributed by atoms with Gasteiger partial charge in [-0.05, 0) is 47.3 Å². The minimum absolute atomic E-state index is 0.827. The van der Waals surface area contributed by atoms with Crippen LogP contribution < -0.4 is 10.1 Å². The smallest absolute Gasteiger partial charge is 0.122 e. The molecule has 0 saturated carbocycles. The third-order valence-corrected chi connectivity index (χ3v) is 3.96. The lowest BCUT2D eigenvalue weighted by molar-refractivity contribution is 0.357. The molecular weight excluding hydrogens is 230 g/mol. The lowest BCUT2D eigenvalue weighted by Gasteiger charge is -2.02. The Morgan fingerprint density at radius 1 is 1.29 bits per heavy atom. The van der Waals surface area contributed by atoms with E-state index in [9.17, 15) is 0 Å². The van der Waals surface area contributed by atoms with Crippen LogP contribution in [0.4, 0.5) is 0 Å². The number of hydrogen-bond acceptors (Lipinski definition) is 3. The first kappa shape index (κ1) is 10.8. The average Bonchev–Trinajstić information content (AvgIpc) is 2.96. The van der Waals surface area contributed by atoms with Gasteiger partial charge in [0.15, 0.2) is 0 Å². The van der Waals surface area contributed by atoms with Crippen LogP contribution in [0.2, 0.25) is 0 Å². The number of nitrogens with one attached hydrogen (secondary N) is 1. The van der Waals surface area contributed by atoms with E-state index in [1.807, 2.05) is 18.4 Å². The Morgan fingerprint density at radius 3 is 3.12 bits per heavy atom. The fourth-order valence-corrected chi connectivity index (χ4v) is 3.07. The Bertz CT molecular complexity index is 533. The minimum Gasteiger partial charge on any atom is -0.493 e. The number of benzene rings is 1. The molecule has 0 bridgehead atoms. The van der Waals surface area contributed by atoms with Crippen LogP contribution in [0.15, 0.2) is 29.6 Å². The topological polar surface area (TPSA) is 21.3 Å². The zero-order chi connectivity index (χ0) is 11.7. The maximum Gasteiger partial charge on any atom is 0.122 e. The minimum atomic E-state index is 0.827. The van der Waals surface area contributed by atoms with Gasteiger partial charge in [0.05, 0.1) is 6.61 Å². The van der Waals surface area contributed by atoms with Crippen molar-refractivity contribution in [2.45, 2.75) is 13.0 Å². The molecule has 0 saturated heterocycles. The Labute approximate surface area is 105 Å². The van der Waals surface area contributed by atoms with Crippen LogP contribution in [-0.2, 0) is 13.0 Å². The molecule has 1 N–H and O–H groups in total. The van der Waals surface area contributed by atoms with Crippen molar-refractivity contribution in [3.05, 3.63) is 40.1 Å². The summed E-state index contributed by atoms with van der Waals surface area (Å²) in [5.74, 6) is 1.06. The van der Waals surface area contributed by atoms with Crippen molar-refractivity contribution in [1.29, 1.82) is 0 Å². The van der Waals surface area contributed by atoms with E-state index in [0.29, 0.717) is 0 Å². The maximum atomic E-state index is 5.53. The van der Waals surface area contributed by atoms with E-state index in [2.05, 4.69) is 35.0 Å². The molecule has 2 nitrogen and oxygen atoms in total. The number of rotatable bonds is 3. The van der Waals surface area contributed by atoms with Gasteiger partial charge in [0.2, 0.25) is 0 Å². The average molecular weight is 245 g/mol. The van der Waals surface area contributed by atoms with Crippen LogP contribution in [0.25, 0.3) is 11.1 Å². The van der Waals surface area contributed by atoms with E-state index in [-0.39, 0.29) is 0 Å². The standard InChI is InChI=1S/C14H15NOS/c1-15-8-13-7-12(9-17-13)10-2-3-14-11(6-10)4-5-16-14/h2-3,6-7,9,15H,4-5,8H2,1H3. The summed E-state index contributed by atoms with van der Waals surface area (Å²) in [5.41, 5.74) is 3.95. The van der Waals surface area contributed by atoms with Crippen molar-refractivity contribution < 1.29 is 4.74 Å². The summed E-state index contributed by atoms with van der Waals surface area (Å²) in [5, 5.41) is 5.41. The van der Waals surface area contributed by atoms with Crippen molar-refractivity contribution in [2.24, 2.45) is 0 Å². The Hall–Kier alpha value is -1.32. The Morgan fingerprint density at radius 2 is 2.24 bits per heavy atom. The van der Waals surface area contributed by atoms with Crippen LogP contribution in [0.1, 0.15) is 10.4 Å². The molecule has 1 aromatic carbocycles. The van der Waals surface area contributed by atoms with Crippen molar-refractivity contribution in [1.82, 2.24) is 5.32 Å². The van der Waals surface area contributed by atoms with Gasteiger partial charge in [-0.2, -0.15) is 0 Å². The zero-order valence-corrected chi connectivity index (χ0v) is 10.6. The highest BCUT2D eigenvalue weighted by Gasteiger charge is 2.13. The highest BCUT2D eigenvalue weighted by atomic mass is 32.1. The molecule has 0 atom stereocenters. The maximum absolute atomic E-state index is 5.53. The molecular formula is C14H15NOS. The summed E-state index contributed by atoms with van der Waals surface area (Å²) in [7, 11) is 1.98. The monoisotopic (exact) mass is 245 g/mol. The molecule has 0 spiro atoms. The lowest BCUT2D eigenvalue weighted by Crippen LogP contribution is -2.02. The van der Waals surface area contributed by atoms with Gasteiger partial charge in [0, 0.05) is 17.8 Å². The molecule has 2 heterocycles. The van der Waals surface area contributed by atoms with Crippen LogP contribution in [0.3, 0.4) is 0 Å². The summed E-state index contributed by atoms with van der Waals surface area (Å²) in [6, 6.07) is 8.76. The number of thiophene rings is 1. The van der Waals surface area contributed by atoms with Crippen molar-refractivity contribution in [3.63, 3.8) is 0 Å². The first-order valence-electron chi connectivity index (χ1n) is 5.85. The fourth-order valence-electron chi connectivity index (χ4n) is 2.17. The van der Waals surface area contributed by atoms with Gasteiger partial charge in [0.1, 0.15) is 5.75 Å². The number of fused-ring (bicyclic) bond motifs is 1. The van der Waals surface area contributed by atoms with Crippen molar-refractivity contribution in [3.8, 4) is 16.9 Å². The second kappa shape index (κ2) is 4.51. The van der Waals surface area contributed by atoms with E-state index in [0.717, 1.165) is 25.3 Å². The van der Waals surface area contributed by atoms with Gasteiger partial charge in [-0.25, -0.2) is 0 Å². The van der Waals surface area contributed by atoms with E-state index in [1.165, 1.54) is 21.6 Å². The van der Waals surface area contributed by atoms with Crippen LogP contribution >= 0.6 is 11.3 Å². The highest BCUT2D eigenvalue weighted by Crippen LogP contribution is 2.32. The van der Waals surface area contributed by atoms with E-state index >= 15 is 0 Å². The predicted octanol–water partition coefficient (Wildman–Crippen LogP) is 3.07. The Kier molecular flexibility index (Phi) is 2.87. The summed E-state index contributed by atoms with van der Waals surface area (Å²) in [6.45, 7) is 1.77. The first-order chi connectivity index (χ1) is 8.36. The van der Waals surface area contributed by atoms with Crippen LogP contribution in [0.5, 0.6) is 5.75 Å². The molecule has 0 unspecified atom stereocenters. The third-order valence-electron chi connectivity index (χ3n) is 3.03. The molecule has 0 radical (unpaired) electrons. The third kappa shape index (κ3) is 2.08. The SMILES string of the molecule is CNCc1cc(-c2ccc3c(c2)CCO3)cs1. The molecule has 1 aliphatic rings. The molecule has 1 aliphatic heterocycles. The molecule has 3 heteroatoms. The molecule has 0 fully saturated rings. The van der Waals surface area contributed by atoms with Gasteiger partial charge in [-0.3, -0.25) is 0 Å². The van der Waals surface area contributed by atoms with Gasteiger partial charge in [-0.15, -0.1) is 11.3 Å². The van der Waals surface area contributed by atoms with Crippen molar-refractivity contribution >= 4 is 11.3 Å². The fraction of sp³-hybridized carbons (Fsp3) is 0.286. The summed E-state index contributed by atoms with van der Waals surface area (Å²) >= 11 is 1.81. The van der Waals surface area contributed by atoms with Gasteiger partial charge >= 0.3 is 0 Å². The summed E-state index contributed by atoms with van der Waals surface area (Å²) in [6.07, 6.45) is 1.04. The zero-order valence-electron chi connectivity index (χ0n) is 9.82. The van der Waals surface area contributed by atoms with Crippen molar-refractivity contribution in [2.75, 3.05) is 13.7 Å². The molecule has 0 amide bonds. The summed E-state index contributed by atoms with van der Waals surface area (Å²) in [4.78, 5) is 1.37. The molecule has 2 aromatic rings. The lowest BCUT2D eigenvalue weighted by atomic mass is 10.0. The van der Waals surface area contributed by atoms with E-state index in [4.69, 9.17) is 4.74 Å².